The van der Waals surface area contributed by atoms with Crippen molar-refractivity contribution in [3.63, 3.8) is 0 Å². The van der Waals surface area contributed by atoms with Crippen LogP contribution in [-0.2, 0) is 0 Å². The summed E-state index contributed by atoms with van der Waals surface area (Å²) in [6, 6.07) is 17.7. The fourth-order valence-electron chi connectivity index (χ4n) is 2.18. The Labute approximate surface area is 149 Å². The summed E-state index contributed by atoms with van der Waals surface area (Å²) < 4.78 is 0. The van der Waals surface area contributed by atoms with Crippen molar-refractivity contribution >= 4 is 34.2 Å². The summed E-state index contributed by atoms with van der Waals surface area (Å²) in [6.07, 6.45) is 1.67. The summed E-state index contributed by atoms with van der Waals surface area (Å²) in [4.78, 5) is 4.57. The molecule has 3 aromatic rings. The van der Waals surface area contributed by atoms with Crippen molar-refractivity contribution in [2.45, 2.75) is 6.92 Å². The van der Waals surface area contributed by atoms with Gasteiger partial charge in [-0.1, -0.05) is 48.0 Å². The van der Waals surface area contributed by atoms with Crippen LogP contribution in [0.3, 0.4) is 0 Å². The van der Waals surface area contributed by atoms with E-state index in [4.69, 9.17) is 11.6 Å². The number of anilines is 1. The molecular weight excluding hydrogens is 338 g/mol. The normalized spacial score (nSPS) is 11.1. The number of hydrogen-bond acceptors (Lipinski definition) is 4. The Kier molecular flexibility index (Phi) is 4.95. The Morgan fingerprint density at radius 1 is 1.25 bits per heavy atom. The molecule has 24 heavy (non-hydrogen) atoms. The van der Waals surface area contributed by atoms with Gasteiger partial charge in [0.1, 0.15) is 16.6 Å². The Morgan fingerprint density at radius 3 is 2.79 bits per heavy atom. The highest BCUT2D eigenvalue weighted by molar-refractivity contribution is 7.11. The number of hydrogen-bond donors (Lipinski definition) is 1. The van der Waals surface area contributed by atoms with E-state index in [-0.39, 0.29) is 0 Å². The molecule has 3 nitrogen and oxygen atoms in total. The molecule has 0 saturated carbocycles. The zero-order valence-electron chi connectivity index (χ0n) is 13.0. The van der Waals surface area contributed by atoms with Gasteiger partial charge in [-0.25, -0.2) is 4.98 Å². The van der Waals surface area contributed by atoms with E-state index in [9.17, 15) is 5.26 Å². The van der Waals surface area contributed by atoms with E-state index in [1.165, 1.54) is 11.3 Å². The van der Waals surface area contributed by atoms with Crippen molar-refractivity contribution in [3.8, 4) is 17.3 Å². The number of allylic oxidation sites excluding steroid dienone is 1. The van der Waals surface area contributed by atoms with Crippen LogP contribution in [0.25, 0.3) is 16.8 Å². The van der Waals surface area contributed by atoms with Crippen LogP contribution in [0.5, 0.6) is 0 Å². The van der Waals surface area contributed by atoms with Gasteiger partial charge in [-0.2, -0.15) is 5.26 Å². The van der Waals surface area contributed by atoms with Gasteiger partial charge in [0.15, 0.2) is 0 Å². The molecule has 0 unspecified atom stereocenters. The molecule has 0 spiro atoms. The highest BCUT2D eigenvalue weighted by Gasteiger charge is 2.09. The molecule has 118 valence electrons. The van der Waals surface area contributed by atoms with Gasteiger partial charge >= 0.3 is 0 Å². The zero-order valence-corrected chi connectivity index (χ0v) is 14.5. The lowest BCUT2D eigenvalue weighted by atomic mass is 10.2. The highest BCUT2D eigenvalue weighted by Crippen LogP contribution is 2.26. The van der Waals surface area contributed by atoms with E-state index in [1.54, 1.807) is 6.20 Å². The van der Waals surface area contributed by atoms with Gasteiger partial charge in [0.2, 0.25) is 0 Å². The molecule has 0 radical (unpaired) electrons. The van der Waals surface area contributed by atoms with Gasteiger partial charge in [-0.15, -0.1) is 11.3 Å². The topological polar surface area (TPSA) is 48.7 Å². The van der Waals surface area contributed by atoms with Crippen LogP contribution in [-0.4, -0.2) is 4.98 Å². The standard InChI is InChI=1S/C19H14ClN3S/c1-13-7-8-16(20)9-17(13)22-11-15(10-21)19-23-18(12-24-19)14-5-3-2-4-6-14/h2-9,11-12,22H,1H3. The second-order valence-corrected chi connectivity index (χ2v) is 6.47. The van der Waals surface area contributed by atoms with Gasteiger partial charge in [-0.3, -0.25) is 0 Å². The minimum atomic E-state index is 0.488. The molecule has 0 fully saturated rings. The molecule has 0 aliphatic heterocycles. The summed E-state index contributed by atoms with van der Waals surface area (Å²) in [7, 11) is 0. The maximum Gasteiger partial charge on any atom is 0.136 e. The second-order valence-electron chi connectivity index (χ2n) is 5.18. The monoisotopic (exact) mass is 351 g/mol. The van der Waals surface area contributed by atoms with Gasteiger partial charge in [0, 0.05) is 27.9 Å². The van der Waals surface area contributed by atoms with Crippen molar-refractivity contribution in [1.82, 2.24) is 4.98 Å². The largest absolute Gasteiger partial charge is 0.360 e. The number of benzene rings is 2. The van der Waals surface area contributed by atoms with Crippen LogP contribution in [0.2, 0.25) is 5.02 Å². The van der Waals surface area contributed by atoms with E-state index in [2.05, 4.69) is 16.4 Å². The molecule has 1 aromatic heterocycles. The van der Waals surface area contributed by atoms with Crippen molar-refractivity contribution < 1.29 is 0 Å². The van der Waals surface area contributed by atoms with Crippen LogP contribution >= 0.6 is 22.9 Å². The van der Waals surface area contributed by atoms with E-state index >= 15 is 0 Å². The van der Waals surface area contributed by atoms with Gasteiger partial charge in [-0.05, 0) is 24.6 Å². The van der Waals surface area contributed by atoms with E-state index in [0.717, 1.165) is 22.5 Å². The Hall–Kier alpha value is -2.61. The van der Waals surface area contributed by atoms with Crippen molar-refractivity contribution in [3.05, 3.63) is 75.7 Å². The average Bonchev–Trinajstić information content (AvgIpc) is 3.09. The number of aromatic nitrogens is 1. The van der Waals surface area contributed by atoms with Crippen LogP contribution < -0.4 is 5.32 Å². The molecule has 0 saturated heterocycles. The predicted molar refractivity (Wildman–Crippen MR) is 101 cm³/mol. The number of halogens is 1. The molecule has 0 amide bonds. The first-order valence-corrected chi connectivity index (χ1v) is 8.57. The molecule has 0 aliphatic carbocycles. The second kappa shape index (κ2) is 7.31. The summed E-state index contributed by atoms with van der Waals surface area (Å²) in [5.41, 5.74) is 4.32. The Morgan fingerprint density at radius 2 is 2.04 bits per heavy atom. The number of aryl methyl sites for hydroxylation is 1. The third-order valence-electron chi connectivity index (χ3n) is 3.50. The van der Waals surface area contributed by atoms with E-state index < -0.39 is 0 Å². The Bertz CT molecular complexity index is 923. The third-order valence-corrected chi connectivity index (χ3v) is 4.61. The number of nitrogens with zero attached hydrogens (tertiary/aromatic N) is 2. The third kappa shape index (κ3) is 3.65. The van der Waals surface area contributed by atoms with Crippen molar-refractivity contribution in [2.75, 3.05) is 5.32 Å². The quantitative estimate of drug-likeness (QED) is 0.609. The molecule has 0 aliphatic rings. The first-order chi connectivity index (χ1) is 11.7. The predicted octanol–water partition coefficient (Wildman–Crippen LogP) is 5.75. The smallest absolute Gasteiger partial charge is 0.136 e. The Balaban J connectivity index is 1.86. The summed E-state index contributed by atoms with van der Waals surface area (Å²) in [5.74, 6) is 0. The maximum atomic E-state index is 9.44. The van der Waals surface area contributed by atoms with E-state index in [1.807, 2.05) is 60.8 Å². The summed E-state index contributed by atoms with van der Waals surface area (Å²) >= 11 is 7.47. The van der Waals surface area contributed by atoms with Crippen molar-refractivity contribution in [2.24, 2.45) is 0 Å². The minimum absolute atomic E-state index is 0.488. The van der Waals surface area contributed by atoms with Gasteiger partial charge < -0.3 is 5.32 Å². The van der Waals surface area contributed by atoms with Gasteiger partial charge in [0.25, 0.3) is 0 Å². The maximum absolute atomic E-state index is 9.44. The summed E-state index contributed by atoms with van der Waals surface area (Å²) in [5, 5.41) is 15.9. The molecule has 2 aromatic carbocycles. The number of nitriles is 1. The average molecular weight is 352 g/mol. The molecule has 5 heteroatoms. The fraction of sp³-hybridized carbons (Fsp3) is 0.0526. The van der Waals surface area contributed by atoms with Crippen LogP contribution in [0.15, 0.2) is 60.1 Å². The molecule has 3 rings (SSSR count). The van der Waals surface area contributed by atoms with Crippen LogP contribution in [0.1, 0.15) is 10.6 Å². The van der Waals surface area contributed by atoms with Crippen LogP contribution in [0.4, 0.5) is 5.69 Å². The molecule has 1 N–H and O–H groups in total. The minimum Gasteiger partial charge on any atom is -0.360 e. The summed E-state index contributed by atoms with van der Waals surface area (Å²) in [6.45, 7) is 1.98. The fourth-order valence-corrected chi connectivity index (χ4v) is 3.15. The lowest BCUT2D eigenvalue weighted by Crippen LogP contribution is -1.93. The SMILES string of the molecule is Cc1ccc(Cl)cc1NC=C(C#N)c1nc(-c2ccccc2)cs1. The zero-order chi connectivity index (χ0) is 16.9. The van der Waals surface area contributed by atoms with E-state index in [0.29, 0.717) is 15.6 Å². The number of nitrogens with one attached hydrogen (secondary N) is 1. The lowest BCUT2D eigenvalue weighted by molar-refractivity contribution is 1.36. The first kappa shape index (κ1) is 16.3. The van der Waals surface area contributed by atoms with Gasteiger partial charge in [0.05, 0.1) is 5.69 Å². The van der Waals surface area contributed by atoms with Crippen LogP contribution in [0, 0.1) is 18.3 Å². The molecule has 0 atom stereocenters. The molecule has 1 heterocycles. The molecular formula is C19H14ClN3S. The molecule has 0 bridgehead atoms. The highest BCUT2D eigenvalue weighted by atomic mass is 35.5. The lowest BCUT2D eigenvalue weighted by Gasteiger charge is -2.06. The van der Waals surface area contributed by atoms with Crippen molar-refractivity contribution in [1.29, 1.82) is 5.26 Å². The first-order valence-electron chi connectivity index (χ1n) is 7.31. The number of thiazole rings is 1. The number of rotatable bonds is 4.